The second-order valence-electron chi connectivity index (χ2n) is 6.54. The molecule has 1 aromatic heterocycles. The summed E-state index contributed by atoms with van der Waals surface area (Å²) in [7, 11) is 0. The zero-order valence-corrected chi connectivity index (χ0v) is 16.2. The molecule has 0 saturated heterocycles. The van der Waals surface area contributed by atoms with E-state index < -0.39 is 0 Å². The molecular formula is C24H20N2OS. The highest BCUT2D eigenvalue weighted by molar-refractivity contribution is 7.13. The Labute approximate surface area is 168 Å². The van der Waals surface area contributed by atoms with Crippen LogP contribution in [0.25, 0.3) is 21.8 Å². The van der Waals surface area contributed by atoms with Crippen LogP contribution in [-0.2, 0) is 17.8 Å². The molecule has 0 aliphatic heterocycles. The molecule has 1 N–H and O–H groups in total. The fraction of sp³-hybridized carbons (Fsp3) is 0.0833. The maximum Gasteiger partial charge on any atom is 0.224 e. The molecule has 4 rings (SSSR count). The van der Waals surface area contributed by atoms with Gasteiger partial charge in [-0.3, -0.25) is 4.79 Å². The van der Waals surface area contributed by atoms with E-state index in [4.69, 9.17) is 4.98 Å². The summed E-state index contributed by atoms with van der Waals surface area (Å²) in [5.41, 5.74) is 5.31. The number of hydrogen-bond donors (Lipinski definition) is 1. The molecule has 0 aliphatic rings. The first kappa shape index (κ1) is 18.1. The van der Waals surface area contributed by atoms with E-state index in [1.54, 1.807) is 11.3 Å². The summed E-state index contributed by atoms with van der Waals surface area (Å²) in [6, 6.07) is 28.2. The minimum absolute atomic E-state index is 0.0303. The Hall–Kier alpha value is -3.24. The number of nitrogens with one attached hydrogen (secondary N) is 1. The van der Waals surface area contributed by atoms with E-state index in [9.17, 15) is 4.79 Å². The largest absolute Gasteiger partial charge is 0.352 e. The number of thiazole rings is 1. The van der Waals surface area contributed by atoms with Crippen molar-refractivity contribution in [2.45, 2.75) is 13.0 Å². The average Bonchev–Trinajstić information content (AvgIpc) is 3.24. The van der Waals surface area contributed by atoms with E-state index in [0.29, 0.717) is 13.0 Å². The fourth-order valence-electron chi connectivity index (χ4n) is 2.96. The second kappa shape index (κ2) is 8.63. The number of hydrogen-bond acceptors (Lipinski definition) is 3. The first-order valence-corrected chi connectivity index (χ1v) is 10.1. The van der Waals surface area contributed by atoms with Crippen LogP contribution in [0, 0.1) is 0 Å². The summed E-state index contributed by atoms with van der Waals surface area (Å²) >= 11 is 1.64. The minimum Gasteiger partial charge on any atom is -0.352 e. The highest BCUT2D eigenvalue weighted by Gasteiger charge is 2.07. The lowest BCUT2D eigenvalue weighted by Gasteiger charge is -2.06. The Kier molecular flexibility index (Phi) is 5.59. The van der Waals surface area contributed by atoms with Crippen LogP contribution >= 0.6 is 11.3 Å². The molecule has 0 spiro atoms. The Bertz CT molecular complexity index is 1040. The lowest BCUT2D eigenvalue weighted by atomic mass is 10.1. The minimum atomic E-state index is 0.0303. The van der Waals surface area contributed by atoms with Crippen LogP contribution in [0.4, 0.5) is 0 Å². The van der Waals surface area contributed by atoms with Crippen LogP contribution in [0.1, 0.15) is 11.1 Å². The highest BCUT2D eigenvalue weighted by Crippen LogP contribution is 2.28. The van der Waals surface area contributed by atoms with Crippen LogP contribution in [0.2, 0.25) is 0 Å². The van der Waals surface area contributed by atoms with Gasteiger partial charge in [-0.15, -0.1) is 11.3 Å². The Morgan fingerprint density at radius 2 is 1.46 bits per heavy atom. The quantitative estimate of drug-likeness (QED) is 0.488. The molecule has 0 unspecified atom stereocenters. The van der Waals surface area contributed by atoms with E-state index in [0.717, 1.165) is 33.0 Å². The van der Waals surface area contributed by atoms with Crippen molar-refractivity contribution in [1.82, 2.24) is 10.3 Å². The first-order valence-electron chi connectivity index (χ1n) is 9.19. The molecule has 138 valence electrons. The Balaban J connectivity index is 1.36. The van der Waals surface area contributed by atoms with Gasteiger partial charge in [0.25, 0.3) is 0 Å². The maximum atomic E-state index is 12.1. The van der Waals surface area contributed by atoms with E-state index >= 15 is 0 Å². The molecule has 3 aromatic carbocycles. The molecule has 0 atom stereocenters. The molecule has 0 radical (unpaired) electrons. The second-order valence-corrected chi connectivity index (χ2v) is 7.40. The van der Waals surface area contributed by atoms with Gasteiger partial charge in [0, 0.05) is 23.1 Å². The summed E-state index contributed by atoms with van der Waals surface area (Å²) < 4.78 is 0. The predicted octanol–water partition coefficient (Wildman–Crippen LogP) is 5.34. The van der Waals surface area contributed by atoms with Gasteiger partial charge in [0.15, 0.2) is 0 Å². The van der Waals surface area contributed by atoms with E-state index in [-0.39, 0.29) is 5.91 Å². The van der Waals surface area contributed by atoms with E-state index in [1.807, 2.05) is 60.7 Å². The topological polar surface area (TPSA) is 42.0 Å². The van der Waals surface area contributed by atoms with Crippen LogP contribution in [-0.4, -0.2) is 10.9 Å². The molecule has 0 fully saturated rings. The predicted molar refractivity (Wildman–Crippen MR) is 115 cm³/mol. The van der Waals surface area contributed by atoms with Crippen molar-refractivity contribution in [3.05, 3.63) is 101 Å². The number of amides is 1. The molecule has 0 aliphatic carbocycles. The van der Waals surface area contributed by atoms with Gasteiger partial charge in [-0.25, -0.2) is 4.98 Å². The number of benzene rings is 3. The lowest BCUT2D eigenvalue weighted by Crippen LogP contribution is -2.24. The summed E-state index contributed by atoms with van der Waals surface area (Å²) in [4.78, 5) is 16.8. The van der Waals surface area contributed by atoms with Gasteiger partial charge < -0.3 is 5.32 Å². The normalized spacial score (nSPS) is 10.6. The number of nitrogens with zero attached hydrogens (tertiary/aromatic N) is 1. The smallest absolute Gasteiger partial charge is 0.224 e. The summed E-state index contributed by atoms with van der Waals surface area (Å²) in [6.45, 7) is 0.527. The molecular weight excluding hydrogens is 364 g/mol. The van der Waals surface area contributed by atoms with Crippen molar-refractivity contribution in [2.75, 3.05) is 0 Å². The molecule has 0 saturated carbocycles. The summed E-state index contributed by atoms with van der Waals surface area (Å²) in [6.07, 6.45) is 0.403. The number of carbonyl (C=O) groups is 1. The molecule has 0 bridgehead atoms. The molecule has 1 heterocycles. The van der Waals surface area contributed by atoms with Crippen molar-refractivity contribution in [3.63, 3.8) is 0 Å². The van der Waals surface area contributed by atoms with Gasteiger partial charge in [-0.05, 0) is 11.1 Å². The molecule has 4 heteroatoms. The van der Waals surface area contributed by atoms with Crippen molar-refractivity contribution in [1.29, 1.82) is 0 Å². The summed E-state index contributed by atoms with van der Waals surface area (Å²) in [5.74, 6) is 0.0303. The van der Waals surface area contributed by atoms with Crippen LogP contribution in [0.15, 0.2) is 90.3 Å². The molecule has 3 nitrogen and oxygen atoms in total. The van der Waals surface area contributed by atoms with Gasteiger partial charge in [0.2, 0.25) is 5.91 Å². The van der Waals surface area contributed by atoms with E-state index in [1.165, 1.54) is 0 Å². The zero-order chi connectivity index (χ0) is 19.2. The monoisotopic (exact) mass is 384 g/mol. The van der Waals surface area contributed by atoms with Crippen LogP contribution < -0.4 is 5.32 Å². The van der Waals surface area contributed by atoms with Crippen molar-refractivity contribution in [2.24, 2.45) is 0 Å². The molecule has 28 heavy (non-hydrogen) atoms. The average molecular weight is 385 g/mol. The third-order valence-corrected chi connectivity index (χ3v) is 5.36. The van der Waals surface area contributed by atoms with Gasteiger partial charge in [0.05, 0.1) is 12.1 Å². The lowest BCUT2D eigenvalue weighted by molar-refractivity contribution is -0.120. The van der Waals surface area contributed by atoms with Crippen LogP contribution in [0.3, 0.4) is 0 Å². The third-order valence-electron chi connectivity index (χ3n) is 4.47. The van der Waals surface area contributed by atoms with Gasteiger partial charge in [0.1, 0.15) is 5.01 Å². The summed E-state index contributed by atoms with van der Waals surface area (Å²) in [5, 5.41) is 6.06. The number of rotatable bonds is 6. The van der Waals surface area contributed by atoms with E-state index in [2.05, 4.69) is 35.0 Å². The van der Waals surface area contributed by atoms with Gasteiger partial charge in [-0.2, -0.15) is 0 Å². The third kappa shape index (κ3) is 4.53. The molecule has 1 amide bonds. The van der Waals surface area contributed by atoms with Crippen molar-refractivity contribution >= 4 is 17.2 Å². The van der Waals surface area contributed by atoms with Crippen LogP contribution in [0.5, 0.6) is 0 Å². The van der Waals surface area contributed by atoms with Gasteiger partial charge in [-0.1, -0.05) is 84.9 Å². The first-order chi connectivity index (χ1) is 13.8. The fourth-order valence-corrected chi connectivity index (χ4v) is 3.79. The van der Waals surface area contributed by atoms with Crippen molar-refractivity contribution in [3.8, 4) is 21.8 Å². The number of aromatic nitrogens is 1. The highest BCUT2D eigenvalue weighted by atomic mass is 32.1. The van der Waals surface area contributed by atoms with Crippen molar-refractivity contribution < 1.29 is 4.79 Å². The Morgan fingerprint density at radius 1 is 0.786 bits per heavy atom. The molecule has 4 aromatic rings. The zero-order valence-electron chi connectivity index (χ0n) is 15.3. The number of carbonyl (C=O) groups excluding carboxylic acids is 1. The maximum absolute atomic E-state index is 12.1. The SMILES string of the molecule is O=C(Cc1ccccc1)NCc1ccc(-c2nc(-c3ccccc3)cs2)cc1. The Morgan fingerprint density at radius 3 is 2.18 bits per heavy atom. The standard InChI is InChI=1S/C24H20N2OS/c27-23(15-18-7-3-1-4-8-18)25-16-19-11-13-21(14-12-19)24-26-22(17-28-24)20-9-5-2-6-10-20/h1-14,17H,15-16H2,(H,25,27). The van der Waals surface area contributed by atoms with Gasteiger partial charge >= 0.3 is 0 Å².